The molecule has 0 saturated carbocycles. The first-order chi connectivity index (χ1) is 12.2. The van der Waals surface area contributed by atoms with Crippen LogP contribution in [-0.2, 0) is 16.1 Å². The van der Waals surface area contributed by atoms with E-state index >= 15 is 0 Å². The average molecular weight is 349 g/mol. The first-order valence-corrected chi connectivity index (χ1v) is 9.07. The Balaban J connectivity index is 1.48. The number of amides is 2. The molecule has 1 aromatic heterocycles. The van der Waals surface area contributed by atoms with Crippen molar-refractivity contribution >= 4 is 11.8 Å². The van der Waals surface area contributed by atoms with Crippen molar-refractivity contribution in [3.63, 3.8) is 0 Å². The Labute approximate surface area is 148 Å². The van der Waals surface area contributed by atoms with Crippen LogP contribution in [0.2, 0.25) is 0 Å². The highest BCUT2D eigenvalue weighted by Gasteiger charge is 2.30. The van der Waals surface area contributed by atoms with Crippen LogP contribution in [0.5, 0.6) is 0 Å². The van der Waals surface area contributed by atoms with Crippen LogP contribution in [0.15, 0.2) is 16.5 Å². The molecule has 1 atom stereocenters. The van der Waals surface area contributed by atoms with Crippen LogP contribution in [-0.4, -0.2) is 56.1 Å². The lowest BCUT2D eigenvalue weighted by molar-refractivity contribution is -0.127. The second kappa shape index (κ2) is 8.49. The number of nitrogens with one attached hydrogen (secondary N) is 2. The van der Waals surface area contributed by atoms with Crippen LogP contribution >= 0.6 is 0 Å². The van der Waals surface area contributed by atoms with E-state index in [0.717, 1.165) is 52.0 Å². The van der Waals surface area contributed by atoms with Crippen molar-refractivity contribution in [1.29, 1.82) is 0 Å². The van der Waals surface area contributed by atoms with Gasteiger partial charge in [0, 0.05) is 32.8 Å². The number of hydrogen-bond donors (Lipinski definition) is 2. The van der Waals surface area contributed by atoms with Gasteiger partial charge in [0.05, 0.1) is 12.5 Å². The highest BCUT2D eigenvalue weighted by molar-refractivity contribution is 5.91. The van der Waals surface area contributed by atoms with E-state index in [2.05, 4.69) is 15.5 Å². The fraction of sp³-hybridized carbons (Fsp3) is 0.667. The van der Waals surface area contributed by atoms with Crippen LogP contribution in [0.1, 0.15) is 42.0 Å². The minimum atomic E-state index is -0.267. The van der Waals surface area contributed by atoms with E-state index in [-0.39, 0.29) is 23.5 Å². The zero-order valence-electron chi connectivity index (χ0n) is 14.8. The van der Waals surface area contributed by atoms with E-state index < -0.39 is 0 Å². The van der Waals surface area contributed by atoms with Gasteiger partial charge in [0.2, 0.25) is 5.91 Å². The topological polar surface area (TPSA) is 83.8 Å². The van der Waals surface area contributed by atoms with Crippen molar-refractivity contribution in [3.05, 3.63) is 23.7 Å². The Morgan fingerprint density at radius 2 is 2.04 bits per heavy atom. The third kappa shape index (κ3) is 4.61. The number of carbonyl (C=O) groups excluding carboxylic acids is 2. The maximum atomic E-state index is 12.5. The summed E-state index contributed by atoms with van der Waals surface area (Å²) in [5.41, 5.74) is 0. The van der Waals surface area contributed by atoms with E-state index in [4.69, 9.17) is 9.15 Å². The van der Waals surface area contributed by atoms with Crippen LogP contribution in [0, 0.1) is 5.92 Å². The fourth-order valence-corrected chi connectivity index (χ4v) is 3.64. The number of nitrogens with zero attached hydrogens (tertiary/aromatic N) is 1. The average Bonchev–Trinajstić information content (AvgIpc) is 3.15. The number of piperidine rings is 1. The highest BCUT2D eigenvalue weighted by Crippen LogP contribution is 2.23. The summed E-state index contributed by atoms with van der Waals surface area (Å²) < 4.78 is 10.9. The summed E-state index contributed by atoms with van der Waals surface area (Å²) in [5, 5.41) is 5.46. The Kier molecular flexibility index (Phi) is 6.09. The number of rotatable bonds is 5. The van der Waals surface area contributed by atoms with Gasteiger partial charge in [-0.25, -0.2) is 0 Å². The molecule has 0 aromatic carbocycles. The van der Waals surface area contributed by atoms with Gasteiger partial charge in [-0.1, -0.05) is 0 Å². The van der Waals surface area contributed by atoms with Crippen molar-refractivity contribution in [2.75, 3.05) is 33.4 Å². The number of hydrogen-bond acceptors (Lipinski definition) is 5. The Bertz CT molecular complexity index is 595. The van der Waals surface area contributed by atoms with Crippen LogP contribution in [0.3, 0.4) is 0 Å². The zero-order chi connectivity index (χ0) is 17.6. The molecule has 2 aliphatic heterocycles. The lowest BCUT2D eigenvalue weighted by Crippen LogP contribution is -2.48. The van der Waals surface area contributed by atoms with Gasteiger partial charge >= 0.3 is 0 Å². The summed E-state index contributed by atoms with van der Waals surface area (Å²) in [6, 6.07) is 3.89. The van der Waals surface area contributed by atoms with Crippen molar-refractivity contribution in [2.45, 2.75) is 38.3 Å². The van der Waals surface area contributed by atoms with Gasteiger partial charge in [0.1, 0.15) is 5.76 Å². The molecule has 0 radical (unpaired) electrons. The SMILES string of the molecule is CNC(=O)c1ccc(CNC(=O)[C@H]2CCCN(C3CCOCC3)C2)o1. The molecule has 0 bridgehead atoms. The number of ether oxygens (including phenoxy) is 1. The van der Waals surface area contributed by atoms with Crippen LogP contribution < -0.4 is 10.6 Å². The molecule has 7 nitrogen and oxygen atoms in total. The Hall–Kier alpha value is -1.86. The van der Waals surface area contributed by atoms with Crippen LogP contribution in [0.25, 0.3) is 0 Å². The van der Waals surface area contributed by atoms with E-state index in [1.165, 1.54) is 0 Å². The van der Waals surface area contributed by atoms with Gasteiger partial charge in [-0.2, -0.15) is 0 Å². The third-order valence-corrected chi connectivity index (χ3v) is 5.08. The molecule has 1 aromatic rings. The molecule has 2 fully saturated rings. The molecule has 7 heteroatoms. The summed E-state index contributed by atoms with van der Waals surface area (Å²) in [7, 11) is 1.56. The molecule has 2 N–H and O–H groups in total. The molecule has 138 valence electrons. The molecule has 3 heterocycles. The second-order valence-electron chi connectivity index (χ2n) is 6.74. The molecule has 3 rings (SSSR count). The van der Waals surface area contributed by atoms with Crippen molar-refractivity contribution in [2.24, 2.45) is 5.92 Å². The first-order valence-electron chi connectivity index (χ1n) is 9.07. The maximum Gasteiger partial charge on any atom is 0.286 e. The van der Waals surface area contributed by atoms with Crippen molar-refractivity contribution < 1.29 is 18.7 Å². The van der Waals surface area contributed by atoms with Gasteiger partial charge in [-0.3, -0.25) is 14.5 Å². The lowest BCUT2D eigenvalue weighted by Gasteiger charge is -2.39. The van der Waals surface area contributed by atoms with Gasteiger partial charge in [-0.05, 0) is 44.4 Å². The highest BCUT2D eigenvalue weighted by atomic mass is 16.5. The molecular formula is C18H27N3O4. The predicted molar refractivity (Wildman–Crippen MR) is 92.1 cm³/mol. The quantitative estimate of drug-likeness (QED) is 0.833. The lowest BCUT2D eigenvalue weighted by atomic mass is 9.94. The molecule has 2 amide bonds. The second-order valence-corrected chi connectivity index (χ2v) is 6.74. The van der Waals surface area contributed by atoms with E-state index in [9.17, 15) is 9.59 Å². The van der Waals surface area contributed by atoms with Crippen molar-refractivity contribution in [3.8, 4) is 0 Å². The van der Waals surface area contributed by atoms with Crippen LogP contribution in [0.4, 0.5) is 0 Å². The Morgan fingerprint density at radius 3 is 2.80 bits per heavy atom. The number of carbonyl (C=O) groups is 2. The van der Waals surface area contributed by atoms with E-state index in [1.54, 1.807) is 19.2 Å². The van der Waals surface area contributed by atoms with Gasteiger partial charge in [0.25, 0.3) is 5.91 Å². The van der Waals surface area contributed by atoms with Gasteiger partial charge in [0.15, 0.2) is 5.76 Å². The zero-order valence-corrected chi connectivity index (χ0v) is 14.8. The standard InChI is InChI=1S/C18H27N3O4/c1-19-18(23)16-5-4-15(25-16)11-20-17(22)13-3-2-8-21(12-13)14-6-9-24-10-7-14/h4-5,13-14H,2-3,6-12H2,1H3,(H,19,23)(H,20,22)/t13-/m0/s1. The molecular weight excluding hydrogens is 322 g/mol. The monoisotopic (exact) mass is 349 g/mol. The van der Waals surface area contributed by atoms with Crippen molar-refractivity contribution in [1.82, 2.24) is 15.5 Å². The molecule has 25 heavy (non-hydrogen) atoms. The largest absolute Gasteiger partial charge is 0.454 e. The maximum absolute atomic E-state index is 12.5. The molecule has 2 aliphatic rings. The fourth-order valence-electron chi connectivity index (χ4n) is 3.64. The summed E-state index contributed by atoms with van der Waals surface area (Å²) in [6.45, 7) is 3.85. The minimum absolute atomic E-state index is 0.0185. The summed E-state index contributed by atoms with van der Waals surface area (Å²) in [6.07, 6.45) is 4.09. The predicted octanol–water partition coefficient (Wildman–Crippen LogP) is 1.15. The minimum Gasteiger partial charge on any atom is -0.454 e. The summed E-state index contributed by atoms with van der Waals surface area (Å²) >= 11 is 0. The Morgan fingerprint density at radius 1 is 1.24 bits per heavy atom. The number of furan rings is 1. The summed E-state index contributed by atoms with van der Waals surface area (Å²) in [4.78, 5) is 26.5. The van der Waals surface area contributed by atoms with E-state index in [0.29, 0.717) is 18.3 Å². The molecule has 0 spiro atoms. The van der Waals surface area contributed by atoms with Gasteiger partial charge < -0.3 is 19.8 Å². The first kappa shape index (κ1) is 17.9. The van der Waals surface area contributed by atoms with Gasteiger partial charge in [-0.15, -0.1) is 0 Å². The molecule has 2 saturated heterocycles. The smallest absolute Gasteiger partial charge is 0.286 e. The normalized spacial score (nSPS) is 22.5. The summed E-state index contributed by atoms with van der Waals surface area (Å²) in [5.74, 6) is 0.663. The number of likely N-dealkylation sites (tertiary alicyclic amines) is 1. The van der Waals surface area contributed by atoms with E-state index in [1.807, 2.05) is 0 Å². The molecule has 0 unspecified atom stereocenters. The third-order valence-electron chi connectivity index (χ3n) is 5.08. The molecule has 0 aliphatic carbocycles.